The summed E-state index contributed by atoms with van der Waals surface area (Å²) in [7, 11) is -3.93. The van der Waals surface area contributed by atoms with Gasteiger partial charge in [0.15, 0.2) is 0 Å². The molecule has 278 valence electrons. The number of ether oxygens (including phenoxy) is 2. The molecule has 0 aromatic heterocycles. The van der Waals surface area contributed by atoms with Crippen molar-refractivity contribution in [3.8, 4) is 5.75 Å². The molecule has 1 saturated carbocycles. The Balaban J connectivity index is 1.21. The van der Waals surface area contributed by atoms with E-state index < -0.39 is 21.5 Å². The molecule has 4 heterocycles. The average molecular weight is 741 g/mol. The molecule has 4 aliphatic heterocycles. The minimum atomic E-state index is -3.93. The molecule has 0 spiro atoms. The Morgan fingerprint density at radius 3 is 2.53 bits per heavy atom. The Morgan fingerprint density at radius 1 is 1.00 bits per heavy atom. The number of benzene rings is 2. The topological polar surface area (TPSA) is 112 Å². The maximum atomic E-state index is 13.5. The van der Waals surface area contributed by atoms with Crippen molar-refractivity contribution in [3.63, 3.8) is 0 Å². The fraction of sp³-hybridized carbons (Fsp3) is 0.615. The molecule has 1 amide bonds. The Bertz CT molecular complexity index is 1710. The summed E-state index contributed by atoms with van der Waals surface area (Å²) in [5, 5.41) is 13.4. The van der Waals surface area contributed by atoms with Gasteiger partial charge in [0.25, 0.3) is 5.91 Å². The van der Waals surface area contributed by atoms with Crippen LogP contribution >= 0.6 is 11.6 Å². The van der Waals surface area contributed by atoms with Gasteiger partial charge in [-0.2, -0.15) is 0 Å². The number of amides is 1. The van der Waals surface area contributed by atoms with Crippen LogP contribution in [0.15, 0.2) is 48.6 Å². The highest BCUT2D eigenvalue weighted by Gasteiger charge is 2.47. The number of piperazine rings is 1. The number of nitrogens with zero attached hydrogens (tertiary/aromatic N) is 3. The third kappa shape index (κ3) is 8.44. The van der Waals surface area contributed by atoms with E-state index in [2.05, 4.69) is 19.4 Å². The number of halogens is 1. The summed E-state index contributed by atoms with van der Waals surface area (Å²) >= 11 is 6.38. The number of anilines is 1. The molecule has 2 saturated heterocycles. The largest absolute Gasteiger partial charge is 0.487 e. The van der Waals surface area contributed by atoms with Crippen LogP contribution in [-0.4, -0.2) is 106 Å². The summed E-state index contributed by atoms with van der Waals surface area (Å²) in [5.74, 6) is -0.351. The van der Waals surface area contributed by atoms with Gasteiger partial charge in [-0.05, 0) is 97.2 Å². The van der Waals surface area contributed by atoms with Gasteiger partial charge in [-0.1, -0.05) is 43.7 Å². The molecule has 1 aliphatic carbocycles. The molecule has 10 nitrogen and oxygen atoms in total. The van der Waals surface area contributed by atoms with Gasteiger partial charge in [-0.3, -0.25) is 14.6 Å². The van der Waals surface area contributed by atoms with Crippen molar-refractivity contribution in [3.05, 3.63) is 70.3 Å². The third-order valence-corrected chi connectivity index (χ3v) is 13.8. The van der Waals surface area contributed by atoms with Crippen molar-refractivity contribution in [2.75, 3.05) is 69.7 Å². The molecule has 3 fully saturated rings. The van der Waals surface area contributed by atoms with Gasteiger partial charge in [0, 0.05) is 56.4 Å². The number of carbonyl (C=O) groups excluding carboxylic acids is 1. The van der Waals surface area contributed by atoms with E-state index in [0.717, 1.165) is 89.3 Å². The smallest absolute Gasteiger partial charge is 0.264 e. The molecule has 5 aliphatic rings. The van der Waals surface area contributed by atoms with Crippen LogP contribution < -0.4 is 14.4 Å². The third-order valence-electron chi connectivity index (χ3n) is 12.1. The molecule has 5 atom stereocenters. The van der Waals surface area contributed by atoms with E-state index in [4.69, 9.17) is 21.1 Å². The zero-order valence-electron chi connectivity index (χ0n) is 29.9. The van der Waals surface area contributed by atoms with E-state index in [1.54, 1.807) is 18.2 Å². The summed E-state index contributed by atoms with van der Waals surface area (Å²) in [6, 6.07) is 11.6. The van der Waals surface area contributed by atoms with E-state index in [9.17, 15) is 18.3 Å². The molecule has 2 aromatic carbocycles. The number of carbonyl (C=O) groups is 1. The second-order valence-electron chi connectivity index (χ2n) is 15.6. The van der Waals surface area contributed by atoms with Crippen molar-refractivity contribution in [2.24, 2.45) is 23.7 Å². The molecule has 7 rings (SSSR count). The average Bonchev–Trinajstić information content (AvgIpc) is 3.08. The molecule has 12 heteroatoms. The lowest BCUT2D eigenvalue weighted by atomic mass is 9.64. The lowest BCUT2D eigenvalue weighted by Gasteiger charge is -2.51. The predicted molar refractivity (Wildman–Crippen MR) is 200 cm³/mol. The van der Waals surface area contributed by atoms with Gasteiger partial charge in [0.05, 0.1) is 36.3 Å². The molecule has 0 radical (unpaired) electrons. The number of hydrogen-bond donors (Lipinski definition) is 2. The second-order valence-corrected chi connectivity index (χ2v) is 17.8. The highest BCUT2D eigenvalue weighted by Crippen LogP contribution is 2.45. The number of hydrogen-bond acceptors (Lipinski definition) is 9. The van der Waals surface area contributed by atoms with E-state index in [0.29, 0.717) is 36.5 Å². The van der Waals surface area contributed by atoms with E-state index in [1.807, 2.05) is 44.2 Å². The maximum absolute atomic E-state index is 13.5. The Hall–Kier alpha value is -2.67. The fourth-order valence-corrected chi connectivity index (χ4v) is 10.1. The maximum Gasteiger partial charge on any atom is 0.264 e. The van der Waals surface area contributed by atoms with Crippen molar-refractivity contribution in [2.45, 2.75) is 64.2 Å². The number of allylic oxidation sites excluding steroid dienone is 1. The summed E-state index contributed by atoms with van der Waals surface area (Å²) < 4.78 is 40.9. The highest BCUT2D eigenvalue weighted by molar-refractivity contribution is 7.90. The first-order chi connectivity index (χ1) is 24.5. The van der Waals surface area contributed by atoms with Crippen LogP contribution in [0.2, 0.25) is 5.02 Å². The van der Waals surface area contributed by atoms with Crippen LogP contribution in [0.4, 0.5) is 5.69 Å². The number of aryl methyl sites for hydroxylation is 1. The van der Waals surface area contributed by atoms with Crippen LogP contribution in [0.1, 0.15) is 61.0 Å². The lowest BCUT2D eigenvalue weighted by molar-refractivity contribution is -0.0940. The van der Waals surface area contributed by atoms with Crippen molar-refractivity contribution < 1.29 is 27.8 Å². The molecule has 2 bridgehead atoms. The summed E-state index contributed by atoms with van der Waals surface area (Å²) in [6.07, 6.45) is 8.64. The van der Waals surface area contributed by atoms with E-state index >= 15 is 0 Å². The first-order valence-corrected chi connectivity index (χ1v) is 20.8. The monoisotopic (exact) mass is 740 g/mol. The minimum absolute atomic E-state index is 0.0337. The first kappa shape index (κ1) is 36.7. The summed E-state index contributed by atoms with van der Waals surface area (Å²) in [4.78, 5) is 20.7. The quantitative estimate of drug-likeness (QED) is 0.432. The van der Waals surface area contributed by atoms with Crippen LogP contribution in [0.5, 0.6) is 5.75 Å². The van der Waals surface area contributed by atoms with Gasteiger partial charge >= 0.3 is 0 Å². The SMILES string of the molecule is C[C@@H]1CS(=O)(=O)NC(=O)c2ccc3c(c2)N(CCCCc2cc(Cl)ccc2CO3)C[C@@H]2CC[C@H]2[C@@](O)(CN2CCN(C3COC3)CC2)/C=C/[C@@H]1C. The fourth-order valence-electron chi connectivity index (χ4n) is 8.43. The van der Waals surface area contributed by atoms with Crippen LogP contribution in [-0.2, 0) is 27.8 Å². The van der Waals surface area contributed by atoms with Crippen molar-refractivity contribution >= 4 is 33.2 Å². The van der Waals surface area contributed by atoms with E-state index in [-0.39, 0.29) is 35.0 Å². The summed E-state index contributed by atoms with van der Waals surface area (Å²) in [6.45, 7) is 11.5. The summed E-state index contributed by atoms with van der Waals surface area (Å²) in [5.41, 5.74) is 2.22. The Morgan fingerprint density at radius 2 is 1.80 bits per heavy atom. The first-order valence-electron chi connectivity index (χ1n) is 18.8. The zero-order valence-corrected chi connectivity index (χ0v) is 31.5. The van der Waals surface area contributed by atoms with Gasteiger partial charge in [-0.25, -0.2) is 13.1 Å². The molecule has 2 aromatic rings. The molecule has 2 N–H and O–H groups in total. The Labute approximate surface area is 308 Å². The number of fused-ring (bicyclic) bond motifs is 3. The zero-order chi connectivity index (χ0) is 35.8. The van der Waals surface area contributed by atoms with Gasteiger partial charge in [-0.15, -0.1) is 0 Å². The number of β-amino-alcohol motifs (C(OH)–C–C–N with tert-alkyl or cyclic N) is 1. The van der Waals surface area contributed by atoms with Gasteiger partial charge in [0.2, 0.25) is 10.0 Å². The molecular weight excluding hydrogens is 688 g/mol. The van der Waals surface area contributed by atoms with Crippen LogP contribution in [0.25, 0.3) is 0 Å². The Kier molecular flexibility index (Phi) is 11.0. The van der Waals surface area contributed by atoms with Crippen molar-refractivity contribution in [1.82, 2.24) is 14.5 Å². The molecular formula is C39H53ClN4O6S. The second kappa shape index (κ2) is 15.4. The molecule has 0 unspecified atom stereocenters. The lowest BCUT2D eigenvalue weighted by Crippen LogP contribution is -2.60. The normalized spacial score (nSPS) is 31.8. The van der Waals surface area contributed by atoms with E-state index in [1.165, 1.54) is 5.56 Å². The predicted octanol–water partition coefficient (Wildman–Crippen LogP) is 4.74. The molecule has 51 heavy (non-hydrogen) atoms. The minimum Gasteiger partial charge on any atom is -0.487 e. The number of rotatable bonds is 3. The number of sulfonamides is 1. The van der Waals surface area contributed by atoms with Gasteiger partial charge < -0.3 is 19.5 Å². The van der Waals surface area contributed by atoms with Crippen LogP contribution in [0, 0.1) is 23.7 Å². The van der Waals surface area contributed by atoms with Crippen LogP contribution in [0.3, 0.4) is 0 Å². The van der Waals surface area contributed by atoms with Crippen molar-refractivity contribution in [1.29, 1.82) is 0 Å². The standard InChI is InChI=1S/C39H53ClN4O6S/c1-27-12-13-39(46,26-42-15-17-43(18-16-42)34-23-49-24-34)35-10-7-31(35)21-44-14-4-3-5-29-19-33(40)9-6-32(29)22-50-37-11-8-30(20-36(37)44)38(45)41-51(47,48)25-28(27)2/h6,8-9,11-13,19-20,27-28,31,34-35,46H,3-5,7,10,14-18,21-26H2,1-2H3,(H,41,45)/b13-12+/t27-,28+,31-,35+,39-/m0/s1. The van der Waals surface area contributed by atoms with Gasteiger partial charge in [0.1, 0.15) is 12.4 Å². The highest BCUT2D eigenvalue weighted by atomic mass is 35.5. The number of aliphatic hydroxyl groups is 1. The number of nitrogens with one attached hydrogen (secondary N) is 1.